The Hall–Kier alpha value is -1.87. The highest BCUT2D eigenvalue weighted by Gasteiger charge is 2.11. The van der Waals surface area contributed by atoms with Gasteiger partial charge < -0.3 is 10.2 Å². The summed E-state index contributed by atoms with van der Waals surface area (Å²) < 4.78 is 0. The molecule has 1 aromatic carbocycles. The van der Waals surface area contributed by atoms with Crippen molar-refractivity contribution in [2.45, 2.75) is 33.7 Å². The predicted octanol–water partition coefficient (Wildman–Crippen LogP) is 4.05. The van der Waals surface area contributed by atoms with Crippen molar-refractivity contribution in [2.75, 3.05) is 18.0 Å². The third-order valence-electron chi connectivity index (χ3n) is 3.58. The van der Waals surface area contributed by atoms with Crippen LogP contribution in [0, 0.1) is 6.92 Å². The van der Waals surface area contributed by atoms with Gasteiger partial charge in [-0.15, -0.1) is 0 Å². The predicted molar refractivity (Wildman–Crippen MR) is 90.1 cm³/mol. The summed E-state index contributed by atoms with van der Waals surface area (Å²) in [7, 11) is 0. The normalized spacial score (nSPS) is 10.6. The molecule has 3 heteroatoms. The largest absolute Gasteiger partial charge is 0.340 e. The number of nitrogens with zero attached hydrogens (tertiary/aromatic N) is 2. The number of benzene rings is 1. The molecule has 0 spiro atoms. The van der Waals surface area contributed by atoms with Crippen LogP contribution in [0.3, 0.4) is 0 Å². The highest BCUT2D eigenvalue weighted by molar-refractivity contribution is 5.65. The Bertz CT molecular complexity index is 549. The van der Waals surface area contributed by atoms with Gasteiger partial charge in [-0.2, -0.15) is 0 Å². The Kier molecular flexibility index (Phi) is 5.76. The minimum atomic E-state index is 0.883. The first kappa shape index (κ1) is 15.5. The molecule has 112 valence electrons. The number of rotatable bonds is 7. The third-order valence-corrected chi connectivity index (χ3v) is 3.58. The van der Waals surface area contributed by atoms with Crippen molar-refractivity contribution in [1.82, 2.24) is 10.3 Å². The van der Waals surface area contributed by atoms with Gasteiger partial charge in [0.05, 0.1) is 11.9 Å². The second kappa shape index (κ2) is 7.79. The Morgan fingerprint density at radius 2 is 1.86 bits per heavy atom. The highest BCUT2D eigenvalue weighted by atomic mass is 15.1. The molecule has 0 amide bonds. The van der Waals surface area contributed by atoms with E-state index < -0.39 is 0 Å². The summed E-state index contributed by atoms with van der Waals surface area (Å²) in [6.45, 7) is 9.33. The zero-order valence-electron chi connectivity index (χ0n) is 13.3. The average Bonchev–Trinajstić information content (AvgIpc) is 2.51. The number of hydrogen-bond acceptors (Lipinski definition) is 3. The fourth-order valence-electron chi connectivity index (χ4n) is 2.42. The van der Waals surface area contributed by atoms with Crippen LogP contribution >= 0.6 is 0 Å². The van der Waals surface area contributed by atoms with E-state index in [-0.39, 0.29) is 0 Å². The topological polar surface area (TPSA) is 28.2 Å². The zero-order chi connectivity index (χ0) is 15.1. The molecule has 0 saturated carbocycles. The van der Waals surface area contributed by atoms with Crippen molar-refractivity contribution in [3.05, 3.63) is 53.9 Å². The molecule has 0 atom stereocenters. The van der Waals surface area contributed by atoms with Gasteiger partial charge in [-0.05, 0) is 50.6 Å². The molecule has 0 saturated heterocycles. The summed E-state index contributed by atoms with van der Waals surface area (Å²) >= 11 is 0. The van der Waals surface area contributed by atoms with Gasteiger partial charge in [-0.1, -0.05) is 24.6 Å². The lowest BCUT2D eigenvalue weighted by Crippen LogP contribution is -2.21. The lowest BCUT2D eigenvalue weighted by atomic mass is 10.1. The lowest BCUT2D eigenvalue weighted by molar-refractivity contribution is 0.674. The number of hydrogen-bond donors (Lipinski definition) is 1. The zero-order valence-corrected chi connectivity index (χ0v) is 13.3. The first-order chi connectivity index (χ1) is 10.3. The summed E-state index contributed by atoms with van der Waals surface area (Å²) in [5.74, 6) is 0. The van der Waals surface area contributed by atoms with E-state index in [1.54, 1.807) is 0 Å². The van der Waals surface area contributed by atoms with E-state index in [1.165, 1.54) is 22.5 Å². The van der Waals surface area contributed by atoms with Crippen molar-refractivity contribution in [1.29, 1.82) is 0 Å². The maximum Gasteiger partial charge on any atom is 0.0642 e. The highest BCUT2D eigenvalue weighted by Crippen LogP contribution is 2.27. The van der Waals surface area contributed by atoms with E-state index in [0.29, 0.717) is 0 Å². The van der Waals surface area contributed by atoms with Gasteiger partial charge in [0, 0.05) is 25.0 Å². The molecule has 0 unspecified atom stereocenters. The van der Waals surface area contributed by atoms with Gasteiger partial charge in [-0.25, -0.2) is 0 Å². The molecule has 1 N–H and O–H groups in total. The molecule has 21 heavy (non-hydrogen) atoms. The maximum absolute atomic E-state index is 4.32. The fraction of sp³-hybridized carbons (Fsp3) is 0.389. The Morgan fingerprint density at radius 3 is 2.52 bits per heavy atom. The molecule has 3 nitrogen and oxygen atoms in total. The van der Waals surface area contributed by atoms with E-state index in [4.69, 9.17) is 0 Å². The standard InChI is InChI=1S/C18H25N3/c1-4-11-19-13-16-10-12-20-14-18(16)21(5-2)17-8-6-15(3)7-9-17/h6-10,12,14,19H,4-5,11,13H2,1-3H3. The first-order valence-corrected chi connectivity index (χ1v) is 7.74. The second-order valence-electron chi connectivity index (χ2n) is 5.26. The van der Waals surface area contributed by atoms with Crippen molar-refractivity contribution >= 4 is 11.4 Å². The molecule has 0 aliphatic heterocycles. The molecule has 0 aliphatic carbocycles. The van der Waals surface area contributed by atoms with Crippen molar-refractivity contribution < 1.29 is 0 Å². The van der Waals surface area contributed by atoms with Gasteiger partial charge in [-0.3, -0.25) is 4.98 Å². The third kappa shape index (κ3) is 4.05. The summed E-state index contributed by atoms with van der Waals surface area (Å²) in [5.41, 5.74) is 4.98. The molecular weight excluding hydrogens is 258 g/mol. The summed E-state index contributed by atoms with van der Waals surface area (Å²) in [4.78, 5) is 6.63. The van der Waals surface area contributed by atoms with Gasteiger partial charge in [0.2, 0.25) is 0 Å². The van der Waals surface area contributed by atoms with Crippen molar-refractivity contribution in [3.63, 3.8) is 0 Å². The minimum absolute atomic E-state index is 0.883. The van der Waals surface area contributed by atoms with Crippen LogP contribution in [0.15, 0.2) is 42.7 Å². The number of pyridine rings is 1. The Morgan fingerprint density at radius 1 is 1.10 bits per heavy atom. The van der Waals surface area contributed by atoms with Crippen LogP contribution in [0.5, 0.6) is 0 Å². The molecule has 1 heterocycles. The molecule has 2 aromatic rings. The minimum Gasteiger partial charge on any atom is -0.340 e. The fourth-order valence-corrected chi connectivity index (χ4v) is 2.42. The van der Waals surface area contributed by atoms with E-state index in [9.17, 15) is 0 Å². The number of nitrogens with one attached hydrogen (secondary N) is 1. The quantitative estimate of drug-likeness (QED) is 0.777. The van der Waals surface area contributed by atoms with Crippen LogP contribution < -0.4 is 10.2 Å². The number of anilines is 2. The van der Waals surface area contributed by atoms with Crippen LogP contribution in [-0.4, -0.2) is 18.1 Å². The van der Waals surface area contributed by atoms with Crippen LogP contribution in [0.1, 0.15) is 31.4 Å². The second-order valence-corrected chi connectivity index (χ2v) is 5.26. The maximum atomic E-state index is 4.32. The van der Waals surface area contributed by atoms with E-state index in [1.807, 2.05) is 12.4 Å². The molecule has 0 fully saturated rings. The average molecular weight is 283 g/mol. The summed E-state index contributed by atoms with van der Waals surface area (Å²) in [6.07, 6.45) is 4.98. The smallest absolute Gasteiger partial charge is 0.0642 e. The molecule has 0 bridgehead atoms. The summed E-state index contributed by atoms with van der Waals surface area (Å²) in [5, 5.41) is 3.48. The van der Waals surface area contributed by atoms with Gasteiger partial charge in [0.25, 0.3) is 0 Å². The molecule has 1 aromatic heterocycles. The van der Waals surface area contributed by atoms with Crippen LogP contribution in [0.4, 0.5) is 11.4 Å². The van der Waals surface area contributed by atoms with Crippen molar-refractivity contribution in [3.8, 4) is 0 Å². The molecular formula is C18H25N3. The van der Waals surface area contributed by atoms with Crippen molar-refractivity contribution in [2.24, 2.45) is 0 Å². The molecule has 2 rings (SSSR count). The molecule has 0 aliphatic rings. The van der Waals surface area contributed by atoms with E-state index >= 15 is 0 Å². The van der Waals surface area contributed by atoms with Gasteiger partial charge >= 0.3 is 0 Å². The Balaban J connectivity index is 2.27. The summed E-state index contributed by atoms with van der Waals surface area (Å²) in [6, 6.07) is 10.8. The van der Waals surface area contributed by atoms with Gasteiger partial charge in [0.1, 0.15) is 0 Å². The monoisotopic (exact) mass is 283 g/mol. The SMILES string of the molecule is CCCNCc1ccncc1N(CC)c1ccc(C)cc1. The van der Waals surface area contributed by atoms with E-state index in [0.717, 1.165) is 26.1 Å². The van der Waals surface area contributed by atoms with Crippen LogP contribution in [-0.2, 0) is 6.54 Å². The van der Waals surface area contributed by atoms with Crippen LogP contribution in [0.25, 0.3) is 0 Å². The molecule has 0 radical (unpaired) electrons. The van der Waals surface area contributed by atoms with Crippen LogP contribution in [0.2, 0.25) is 0 Å². The van der Waals surface area contributed by atoms with Gasteiger partial charge in [0.15, 0.2) is 0 Å². The lowest BCUT2D eigenvalue weighted by Gasteiger charge is -2.25. The Labute approximate surface area is 128 Å². The van der Waals surface area contributed by atoms with E-state index in [2.05, 4.69) is 66.3 Å². The first-order valence-electron chi connectivity index (χ1n) is 7.74. The number of aryl methyl sites for hydroxylation is 1. The number of aromatic nitrogens is 1.